The van der Waals surface area contributed by atoms with Gasteiger partial charge in [0.05, 0.1) is 10.1 Å². The third-order valence-electron chi connectivity index (χ3n) is 8.58. The summed E-state index contributed by atoms with van der Waals surface area (Å²) in [5.41, 5.74) is 1.82. The number of hydrogen-bond acceptors (Lipinski definition) is 8. The number of ether oxygens (including phenoxy) is 2. The zero-order chi connectivity index (χ0) is 31.2. The Labute approximate surface area is 269 Å². The number of carbonyl (C=O) groups excluding carboxylic acids is 2. The van der Waals surface area contributed by atoms with E-state index in [2.05, 4.69) is 10.2 Å². The number of rotatable bonds is 9. The molecule has 3 fully saturated rings. The second-order valence-electron chi connectivity index (χ2n) is 12.1. The van der Waals surface area contributed by atoms with Gasteiger partial charge in [-0.05, 0) is 56.4 Å². The molecule has 3 saturated heterocycles. The fourth-order valence-electron chi connectivity index (χ4n) is 5.88. The quantitative estimate of drug-likeness (QED) is 0.218. The average molecular weight is 640 g/mol. The van der Waals surface area contributed by atoms with E-state index < -0.39 is 0 Å². The minimum atomic E-state index is -0.144. The molecule has 2 amide bonds. The third kappa shape index (κ3) is 8.21. The summed E-state index contributed by atoms with van der Waals surface area (Å²) in [6, 6.07) is 11.2. The van der Waals surface area contributed by atoms with Crippen LogP contribution < -0.4 is 10.1 Å². The smallest absolute Gasteiger partial charge is 0.251 e. The van der Waals surface area contributed by atoms with Crippen LogP contribution in [-0.2, 0) is 16.1 Å². The zero-order valence-corrected chi connectivity index (χ0v) is 27.1. The Bertz CT molecular complexity index is 1390. The van der Waals surface area contributed by atoms with Gasteiger partial charge in [-0.2, -0.15) is 0 Å². The molecule has 3 aliphatic rings. The van der Waals surface area contributed by atoms with E-state index in [0.29, 0.717) is 58.2 Å². The highest BCUT2D eigenvalue weighted by atomic mass is 35.5. The predicted molar refractivity (Wildman–Crippen MR) is 176 cm³/mol. The molecule has 0 spiro atoms. The van der Waals surface area contributed by atoms with E-state index >= 15 is 0 Å². The van der Waals surface area contributed by atoms with Crippen LogP contribution in [0.2, 0.25) is 5.02 Å². The number of carbonyl (C=O) groups is 2. The fraction of sp³-hybridized carbons (Fsp3) is 0.515. The van der Waals surface area contributed by atoms with Crippen molar-refractivity contribution in [2.45, 2.75) is 71.0 Å². The number of thioether (sulfide) groups is 1. The van der Waals surface area contributed by atoms with E-state index in [1.165, 1.54) is 0 Å². The van der Waals surface area contributed by atoms with Crippen molar-refractivity contribution in [3.63, 3.8) is 0 Å². The molecule has 11 heteroatoms. The average Bonchev–Trinajstić information content (AvgIpc) is 3.42. The van der Waals surface area contributed by atoms with E-state index in [1.54, 1.807) is 30.3 Å². The van der Waals surface area contributed by atoms with Gasteiger partial charge in [0.15, 0.2) is 0 Å². The molecule has 5 rings (SSSR count). The molecule has 2 aromatic carbocycles. The van der Waals surface area contributed by atoms with Crippen molar-refractivity contribution in [2.75, 3.05) is 32.8 Å². The van der Waals surface area contributed by atoms with Gasteiger partial charge in [0, 0.05) is 86.6 Å². The summed E-state index contributed by atoms with van der Waals surface area (Å²) in [6.07, 6.45) is 5.35. The molecule has 0 unspecified atom stereocenters. The van der Waals surface area contributed by atoms with Gasteiger partial charge in [-0.15, -0.1) is 0 Å². The van der Waals surface area contributed by atoms with Crippen LogP contribution in [0.3, 0.4) is 0 Å². The standard InChI is InChI=1S/C33H42ClN5O4S/c1-21(2)31(35)44-32(36)27-8-7-26(19-28(27)34)43-29-18-22(5-6-23(29)20-39-13-3-4-30(39)40)33(41)37-24-9-14-38(15-10-24)25-11-16-42-17-12-25/h5-8,18-19,21,24-25,35-36H,3-4,9-17,20H2,1-2H3,(H,37,41). The Hall–Kier alpha value is -2.92. The van der Waals surface area contributed by atoms with Gasteiger partial charge < -0.3 is 24.6 Å². The maximum absolute atomic E-state index is 13.4. The number of hydrogen-bond donors (Lipinski definition) is 3. The highest BCUT2D eigenvalue weighted by molar-refractivity contribution is 8.26. The number of halogens is 1. The molecule has 0 aliphatic carbocycles. The number of piperidine rings is 1. The zero-order valence-electron chi connectivity index (χ0n) is 25.5. The first-order valence-corrected chi connectivity index (χ1v) is 16.7. The van der Waals surface area contributed by atoms with Gasteiger partial charge in [0.2, 0.25) is 5.91 Å². The summed E-state index contributed by atoms with van der Waals surface area (Å²) in [6.45, 7) is 8.52. The van der Waals surface area contributed by atoms with Crippen LogP contribution in [-0.4, -0.2) is 76.6 Å². The minimum absolute atomic E-state index is 0.0250. The van der Waals surface area contributed by atoms with Gasteiger partial charge >= 0.3 is 0 Å². The summed E-state index contributed by atoms with van der Waals surface area (Å²) >= 11 is 7.65. The highest BCUT2D eigenvalue weighted by Gasteiger charge is 2.28. The van der Waals surface area contributed by atoms with E-state index in [4.69, 9.17) is 31.9 Å². The number of benzene rings is 2. The lowest BCUT2D eigenvalue weighted by molar-refractivity contribution is -0.128. The Balaban J connectivity index is 1.29. The Morgan fingerprint density at radius 3 is 2.50 bits per heavy atom. The Morgan fingerprint density at radius 1 is 1.09 bits per heavy atom. The van der Waals surface area contributed by atoms with Crippen LogP contribution in [0, 0.1) is 16.7 Å². The van der Waals surface area contributed by atoms with Crippen molar-refractivity contribution in [3.8, 4) is 11.5 Å². The summed E-state index contributed by atoms with van der Waals surface area (Å²) in [4.78, 5) is 30.1. The van der Waals surface area contributed by atoms with Gasteiger partial charge in [0.25, 0.3) is 5.91 Å². The minimum Gasteiger partial charge on any atom is -0.457 e. The molecule has 3 heterocycles. The SMILES string of the molecule is CC(C)C(=N)SC(=N)c1ccc(Oc2cc(C(=O)NC3CCN(C4CCOCC4)CC3)ccc2CN2CCCC2=O)cc1Cl. The fourth-order valence-corrected chi connectivity index (χ4v) is 6.94. The number of nitrogens with zero attached hydrogens (tertiary/aromatic N) is 2. The molecule has 0 radical (unpaired) electrons. The Kier molecular flexibility index (Phi) is 11.0. The lowest BCUT2D eigenvalue weighted by Gasteiger charge is -2.39. The predicted octanol–water partition coefficient (Wildman–Crippen LogP) is 6.32. The van der Waals surface area contributed by atoms with Crippen molar-refractivity contribution in [3.05, 3.63) is 58.1 Å². The number of nitrogens with one attached hydrogen (secondary N) is 3. The molecule has 44 heavy (non-hydrogen) atoms. The van der Waals surface area contributed by atoms with Crippen LogP contribution in [0.5, 0.6) is 11.5 Å². The van der Waals surface area contributed by atoms with Crippen molar-refractivity contribution in [1.29, 1.82) is 10.8 Å². The third-order valence-corrected chi connectivity index (χ3v) is 10.0. The summed E-state index contributed by atoms with van der Waals surface area (Å²) in [5, 5.41) is 20.7. The molecule has 3 N–H and O–H groups in total. The number of likely N-dealkylation sites (tertiary alicyclic amines) is 2. The number of amides is 2. The molecule has 0 bridgehead atoms. The first-order valence-electron chi connectivity index (χ1n) is 15.5. The lowest BCUT2D eigenvalue weighted by Crippen LogP contribution is -2.49. The van der Waals surface area contributed by atoms with E-state index in [9.17, 15) is 9.59 Å². The highest BCUT2D eigenvalue weighted by Crippen LogP contribution is 2.33. The molecule has 2 aromatic rings. The second kappa shape index (κ2) is 14.9. The topological polar surface area (TPSA) is 119 Å². The maximum Gasteiger partial charge on any atom is 0.251 e. The molecule has 0 saturated carbocycles. The van der Waals surface area contributed by atoms with Crippen LogP contribution in [0.15, 0.2) is 36.4 Å². The van der Waals surface area contributed by atoms with E-state index in [-0.39, 0.29) is 28.8 Å². The Morgan fingerprint density at radius 2 is 1.84 bits per heavy atom. The van der Waals surface area contributed by atoms with Crippen LogP contribution in [0.4, 0.5) is 0 Å². The summed E-state index contributed by atoms with van der Waals surface area (Å²) in [5.74, 6) is 0.941. The first-order chi connectivity index (χ1) is 21.2. The van der Waals surface area contributed by atoms with Crippen LogP contribution in [0.1, 0.15) is 73.9 Å². The molecule has 0 atom stereocenters. The van der Waals surface area contributed by atoms with Crippen molar-refractivity contribution in [1.82, 2.24) is 15.1 Å². The largest absolute Gasteiger partial charge is 0.457 e. The van der Waals surface area contributed by atoms with Crippen molar-refractivity contribution >= 4 is 45.3 Å². The summed E-state index contributed by atoms with van der Waals surface area (Å²) in [7, 11) is 0. The van der Waals surface area contributed by atoms with Crippen molar-refractivity contribution < 1.29 is 19.1 Å². The first kappa shape index (κ1) is 32.5. The lowest BCUT2D eigenvalue weighted by atomic mass is 9.99. The maximum atomic E-state index is 13.4. The molecule has 3 aliphatic heterocycles. The molecular formula is C33H42ClN5O4S. The van der Waals surface area contributed by atoms with Gasteiger partial charge in [-0.25, -0.2) is 0 Å². The van der Waals surface area contributed by atoms with Crippen molar-refractivity contribution in [2.24, 2.45) is 5.92 Å². The molecule has 9 nitrogen and oxygen atoms in total. The molecule has 236 valence electrons. The van der Waals surface area contributed by atoms with Gasteiger partial charge in [-0.1, -0.05) is 43.3 Å². The molecular weight excluding hydrogens is 598 g/mol. The van der Waals surface area contributed by atoms with Gasteiger partial charge in [-0.3, -0.25) is 20.4 Å². The second-order valence-corrected chi connectivity index (χ2v) is 13.5. The van der Waals surface area contributed by atoms with Crippen LogP contribution >= 0.6 is 23.4 Å². The summed E-state index contributed by atoms with van der Waals surface area (Å²) < 4.78 is 11.8. The monoisotopic (exact) mass is 639 g/mol. The van der Waals surface area contributed by atoms with E-state index in [0.717, 1.165) is 75.7 Å². The van der Waals surface area contributed by atoms with Gasteiger partial charge in [0.1, 0.15) is 16.5 Å². The van der Waals surface area contributed by atoms with Crippen LogP contribution in [0.25, 0.3) is 0 Å². The normalized spacial score (nSPS) is 18.5. The molecule has 0 aromatic heterocycles. The van der Waals surface area contributed by atoms with E-state index in [1.807, 2.05) is 24.8 Å².